The fourth-order valence-electron chi connectivity index (χ4n) is 1.50. The van der Waals surface area contributed by atoms with Crippen LogP contribution in [0.4, 0.5) is 8.78 Å². The molecule has 6 heteroatoms. The molecule has 1 aromatic carbocycles. The molecule has 0 unspecified atom stereocenters. The Morgan fingerprint density at radius 2 is 2.12 bits per heavy atom. The van der Waals surface area contributed by atoms with E-state index >= 15 is 0 Å². The number of halogens is 2. The summed E-state index contributed by atoms with van der Waals surface area (Å²) in [4.78, 5) is 4.15. The summed E-state index contributed by atoms with van der Waals surface area (Å²) in [6.45, 7) is 0.337. The third-order valence-electron chi connectivity index (χ3n) is 2.27. The fourth-order valence-corrected chi connectivity index (χ4v) is 1.67. The van der Waals surface area contributed by atoms with Gasteiger partial charge in [-0.1, -0.05) is 18.3 Å². The van der Waals surface area contributed by atoms with Gasteiger partial charge in [0.1, 0.15) is 4.99 Å². The molecule has 0 amide bonds. The molecule has 0 radical (unpaired) electrons. The Bertz CT molecular complexity index is 566. The van der Waals surface area contributed by atoms with Gasteiger partial charge in [-0.15, -0.1) is 0 Å². The number of nitrogens with zero attached hydrogens (tertiary/aromatic N) is 2. The van der Waals surface area contributed by atoms with Crippen molar-refractivity contribution in [1.29, 1.82) is 0 Å². The number of thiocarbonyl (C=S) groups is 1. The van der Waals surface area contributed by atoms with Crippen molar-refractivity contribution in [3.8, 4) is 0 Å². The Balaban J connectivity index is 2.28. The second-order valence-electron chi connectivity index (χ2n) is 3.49. The topological polar surface area (TPSA) is 43.8 Å². The highest BCUT2D eigenvalue weighted by Crippen LogP contribution is 2.11. The van der Waals surface area contributed by atoms with E-state index in [4.69, 9.17) is 18.0 Å². The molecule has 3 nitrogen and oxygen atoms in total. The van der Waals surface area contributed by atoms with Crippen LogP contribution < -0.4 is 5.73 Å². The average Bonchev–Trinajstić information content (AvgIpc) is 2.72. The van der Waals surface area contributed by atoms with Gasteiger partial charge in [-0.2, -0.15) is 0 Å². The second kappa shape index (κ2) is 4.58. The van der Waals surface area contributed by atoms with Crippen LogP contribution in [-0.4, -0.2) is 14.5 Å². The Hall–Kier alpha value is -1.82. The summed E-state index contributed by atoms with van der Waals surface area (Å²) in [7, 11) is 0. The van der Waals surface area contributed by atoms with E-state index < -0.39 is 11.6 Å². The minimum absolute atomic E-state index is 0.164. The lowest BCUT2D eigenvalue weighted by atomic mass is 10.2. The molecule has 0 fully saturated rings. The normalized spacial score (nSPS) is 10.5. The van der Waals surface area contributed by atoms with Crippen LogP contribution in [0.15, 0.2) is 30.6 Å². The number of hydrogen-bond donors (Lipinski definition) is 1. The van der Waals surface area contributed by atoms with Crippen molar-refractivity contribution in [2.45, 2.75) is 6.54 Å². The first-order chi connectivity index (χ1) is 8.08. The zero-order valence-electron chi connectivity index (χ0n) is 8.73. The van der Waals surface area contributed by atoms with Gasteiger partial charge in [0.05, 0.1) is 0 Å². The van der Waals surface area contributed by atoms with E-state index in [-0.39, 0.29) is 4.99 Å². The summed E-state index contributed by atoms with van der Waals surface area (Å²) in [5.41, 5.74) is 6.09. The predicted octanol–water partition coefficient (Wildman–Crippen LogP) is 1.84. The summed E-state index contributed by atoms with van der Waals surface area (Å²) in [6, 6.07) is 3.72. The third kappa shape index (κ3) is 2.47. The molecule has 1 heterocycles. The predicted molar refractivity (Wildman–Crippen MR) is 63.6 cm³/mol. The molecule has 0 atom stereocenters. The van der Waals surface area contributed by atoms with Crippen LogP contribution in [0.25, 0.3) is 0 Å². The van der Waals surface area contributed by atoms with Gasteiger partial charge in [-0.25, -0.2) is 13.8 Å². The average molecular weight is 253 g/mol. The zero-order chi connectivity index (χ0) is 12.4. The van der Waals surface area contributed by atoms with Crippen molar-refractivity contribution in [2.75, 3.05) is 0 Å². The van der Waals surface area contributed by atoms with Crippen molar-refractivity contribution in [2.24, 2.45) is 5.73 Å². The smallest absolute Gasteiger partial charge is 0.167 e. The first-order valence-corrected chi connectivity index (χ1v) is 5.23. The molecule has 0 saturated carbocycles. The van der Waals surface area contributed by atoms with E-state index in [0.29, 0.717) is 17.9 Å². The first kappa shape index (κ1) is 11.7. The molecule has 0 aliphatic carbocycles. The largest absolute Gasteiger partial charge is 0.387 e. The van der Waals surface area contributed by atoms with Gasteiger partial charge in [-0.05, 0) is 17.7 Å². The molecule has 2 N–H and O–H groups in total. The van der Waals surface area contributed by atoms with E-state index in [0.717, 1.165) is 12.1 Å². The van der Waals surface area contributed by atoms with E-state index in [1.807, 2.05) is 0 Å². The highest BCUT2D eigenvalue weighted by Gasteiger charge is 2.07. The van der Waals surface area contributed by atoms with Crippen LogP contribution in [-0.2, 0) is 6.54 Å². The summed E-state index contributed by atoms with van der Waals surface area (Å²) in [5, 5.41) is 0. The van der Waals surface area contributed by atoms with Crippen LogP contribution in [0, 0.1) is 11.6 Å². The molecule has 0 aliphatic heterocycles. The van der Waals surface area contributed by atoms with Crippen LogP contribution in [0.2, 0.25) is 0 Å². The lowest BCUT2D eigenvalue weighted by Gasteiger charge is -2.07. The molecule has 0 spiro atoms. The molecular formula is C11H9F2N3S. The van der Waals surface area contributed by atoms with Crippen molar-refractivity contribution in [3.63, 3.8) is 0 Å². The fraction of sp³-hybridized carbons (Fsp3) is 0.0909. The van der Waals surface area contributed by atoms with Crippen molar-refractivity contribution in [3.05, 3.63) is 53.6 Å². The maximum absolute atomic E-state index is 13.0. The highest BCUT2D eigenvalue weighted by atomic mass is 32.1. The minimum Gasteiger partial charge on any atom is -0.387 e. The molecule has 88 valence electrons. The van der Waals surface area contributed by atoms with Crippen molar-refractivity contribution < 1.29 is 8.78 Å². The van der Waals surface area contributed by atoms with Crippen molar-refractivity contribution >= 4 is 17.2 Å². The summed E-state index contributed by atoms with van der Waals surface area (Å²) in [5.74, 6) is -1.29. The van der Waals surface area contributed by atoms with E-state index in [2.05, 4.69) is 4.98 Å². The first-order valence-electron chi connectivity index (χ1n) is 4.83. The number of aromatic nitrogens is 2. The molecule has 0 aliphatic rings. The quantitative estimate of drug-likeness (QED) is 0.849. The van der Waals surface area contributed by atoms with Crippen LogP contribution in [0.5, 0.6) is 0 Å². The molecular weight excluding hydrogens is 244 g/mol. The van der Waals surface area contributed by atoms with Gasteiger partial charge < -0.3 is 10.3 Å². The number of hydrogen-bond acceptors (Lipinski definition) is 2. The zero-order valence-corrected chi connectivity index (χ0v) is 9.55. The van der Waals surface area contributed by atoms with E-state index in [1.54, 1.807) is 17.0 Å². The lowest BCUT2D eigenvalue weighted by Crippen LogP contribution is -2.17. The second-order valence-corrected chi connectivity index (χ2v) is 3.93. The standard InChI is InChI=1S/C11H9F2N3S/c12-8-2-1-7(5-9(8)13)6-16-4-3-15-11(16)10(14)17/h1-5H,6H2,(H2,14,17). The molecule has 2 rings (SSSR count). The van der Waals surface area contributed by atoms with Gasteiger partial charge in [-0.3, -0.25) is 0 Å². The maximum Gasteiger partial charge on any atom is 0.167 e. The van der Waals surface area contributed by atoms with E-state index in [1.165, 1.54) is 6.07 Å². The number of benzene rings is 1. The number of nitrogens with two attached hydrogens (primary N) is 1. The molecule has 17 heavy (non-hydrogen) atoms. The summed E-state index contributed by atoms with van der Waals surface area (Å²) < 4.78 is 27.4. The van der Waals surface area contributed by atoms with Gasteiger partial charge in [0.15, 0.2) is 17.5 Å². The van der Waals surface area contributed by atoms with Crippen LogP contribution in [0.3, 0.4) is 0 Å². The maximum atomic E-state index is 13.0. The molecule has 2 aromatic rings. The minimum atomic E-state index is -0.875. The highest BCUT2D eigenvalue weighted by molar-refractivity contribution is 7.80. The van der Waals surface area contributed by atoms with Crippen molar-refractivity contribution in [1.82, 2.24) is 9.55 Å². The Labute approximate surface area is 102 Å². The van der Waals surface area contributed by atoms with Gasteiger partial charge >= 0.3 is 0 Å². The Morgan fingerprint density at radius 1 is 1.35 bits per heavy atom. The monoisotopic (exact) mass is 253 g/mol. The van der Waals surface area contributed by atoms with Crippen LogP contribution in [0.1, 0.15) is 11.4 Å². The molecule has 0 bridgehead atoms. The lowest BCUT2D eigenvalue weighted by molar-refractivity contribution is 0.506. The summed E-state index contributed by atoms with van der Waals surface area (Å²) >= 11 is 4.83. The van der Waals surface area contributed by atoms with E-state index in [9.17, 15) is 8.78 Å². The third-order valence-corrected chi connectivity index (χ3v) is 2.46. The summed E-state index contributed by atoms with van der Waals surface area (Å²) in [6.07, 6.45) is 3.23. The van der Waals surface area contributed by atoms with Gasteiger partial charge in [0.25, 0.3) is 0 Å². The van der Waals surface area contributed by atoms with Crippen LogP contribution >= 0.6 is 12.2 Å². The Kier molecular flexibility index (Phi) is 3.14. The molecule has 1 aromatic heterocycles. The number of rotatable bonds is 3. The van der Waals surface area contributed by atoms with Gasteiger partial charge in [0.2, 0.25) is 0 Å². The number of imidazole rings is 1. The molecule has 0 saturated heterocycles. The van der Waals surface area contributed by atoms with Gasteiger partial charge in [0, 0.05) is 18.9 Å². The Morgan fingerprint density at radius 3 is 2.76 bits per heavy atom. The SMILES string of the molecule is NC(=S)c1nccn1Cc1ccc(F)c(F)c1.